The topological polar surface area (TPSA) is 9.23 Å². The van der Waals surface area contributed by atoms with Gasteiger partial charge in [0.05, 0.1) is 6.61 Å². The Labute approximate surface area is 155 Å². The van der Waals surface area contributed by atoms with Gasteiger partial charge in [0.1, 0.15) is 5.75 Å². The fraction of sp³-hybridized carbons (Fsp3) is 0.538. The summed E-state index contributed by atoms with van der Waals surface area (Å²) in [5.74, 6) is 0.501. The van der Waals surface area contributed by atoms with E-state index in [1.807, 2.05) is 0 Å². The summed E-state index contributed by atoms with van der Waals surface area (Å²) in [6.07, 6.45) is 0.858. The van der Waals surface area contributed by atoms with Gasteiger partial charge in [0.25, 0.3) is 0 Å². The smallest absolute Gasteiger partial charge is 0.494 e. The number of ether oxygens (including phenoxy) is 1. The second-order valence-corrected chi connectivity index (χ2v) is 5.75. The number of benzene rings is 1. The molecule has 1 rings (SSSR count). The zero-order valence-electron chi connectivity index (χ0n) is 12.3. The minimum Gasteiger partial charge on any atom is -0.494 e. The van der Waals surface area contributed by atoms with Crippen molar-refractivity contribution in [2.75, 3.05) is 6.61 Å². The molecular formula is C13H19BF3KO. The number of hydrogen-bond acceptors (Lipinski definition) is 1. The second-order valence-electron chi connectivity index (χ2n) is 5.75. The molecule has 0 aromatic heterocycles. The first-order valence-electron chi connectivity index (χ1n) is 6.03. The maximum atomic E-state index is 12.6. The van der Waals surface area contributed by atoms with Crippen LogP contribution in [0.1, 0.15) is 32.8 Å². The quantitative estimate of drug-likeness (QED) is 0.750. The van der Waals surface area contributed by atoms with Crippen LogP contribution in [0, 0.1) is 12.3 Å². The molecule has 0 heterocycles. The van der Waals surface area contributed by atoms with Gasteiger partial charge in [-0.1, -0.05) is 32.4 Å². The molecule has 1 nitrogen and oxygen atoms in total. The molecular weight excluding hydrogens is 279 g/mol. The summed E-state index contributed by atoms with van der Waals surface area (Å²) in [5.41, 5.74) is -0.168. The van der Waals surface area contributed by atoms with Crippen LogP contribution in [0.4, 0.5) is 12.9 Å². The number of halogens is 3. The van der Waals surface area contributed by atoms with E-state index in [1.54, 1.807) is 0 Å². The Morgan fingerprint density at radius 1 is 1.16 bits per heavy atom. The van der Waals surface area contributed by atoms with Crippen molar-refractivity contribution in [2.45, 2.75) is 34.1 Å². The Bertz CT molecular complexity index is 413. The predicted molar refractivity (Wildman–Crippen MR) is 69.5 cm³/mol. The molecule has 0 saturated carbocycles. The van der Waals surface area contributed by atoms with Crippen LogP contribution < -0.4 is 61.6 Å². The molecule has 0 saturated heterocycles. The summed E-state index contributed by atoms with van der Waals surface area (Å²) < 4.78 is 43.3. The molecule has 0 amide bonds. The Balaban J connectivity index is 0.00000324. The van der Waals surface area contributed by atoms with Gasteiger partial charge in [-0.05, 0) is 30.9 Å². The van der Waals surface area contributed by atoms with Crippen molar-refractivity contribution in [3.63, 3.8) is 0 Å². The number of aryl methyl sites for hydroxylation is 1. The van der Waals surface area contributed by atoms with E-state index in [-0.39, 0.29) is 62.4 Å². The molecule has 102 valence electrons. The van der Waals surface area contributed by atoms with Gasteiger partial charge in [-0.3, -0.25) is 0 Å². The average Bonchev–Trinajstić information content (AvgIpc) is 2.13. The van der Waals surface area contributed by atoms with Gasteiger partial charge in [-0.15, -0.1) is 5.46 Å². The van der Waals surface area contributed by atoms with Crippen molar-refractivity contribution in [2.24, 2.45) is 5.41 Å². The molecule has 0 spiro atoms. The Morgan fingerprint density at radius 2 is 1.74 bits per heavy atom. The van der Waals surface area contributed by atoms with Gasteiger partial charge < -0.3 is 17.7 Å². The van der Waals surface area contributed by atoms with Crippen LogP contribution in [0.3, 0.4) is 0 Å². The third-order valence-electron chi connectivity index (χ3n) is 2.71. The summed E-state index contributed by atoms with van der Waals surface area (Å²) in [6.45, 7) is 3.32. The van der Waals surface area contributed by atoms with Gasteiger partial charge in [0.2, 0.25) is 0 Å². The van der Waals surface area contributed by atoms with Crippen LogP contribution in [0.15, 0.2) is 18.2 Å². The average molecular weight is 298 g/mol. The largest absolute Gasteiger partial charge is 1.00 e. The van der Waals surface area contributed by atoms with E-state index in [1.165, 1.54) is 19.1 Å². The van der Waals surface area contributed by atoms with Crippen LogP contribution in [-0.2, 0) is 0 Å². The molecule has 0 atom stereocenters. The van der Waals surface area contributed by atoms with E-state index in [4.69, 9.17) is 4.74 Å². The molecule has 0 N–H and O–H groups in total. The molecule has 0 aliphatic rings. The van der Waals surface area contributed by atoms with Crippen molar-refractivity contribution < 1.29 is 69.1 Å². The molecule has 6 heteroatoms. The molecule has 0 unspecified atom stereocenters. The minimum absolute atomic E-state index is 0. The van der Waals surface area contributed by atoms with E-state index in [0.29, 0.717) is 12.4 Å². The SMILES string of the molecule is Cc1cc(OCCC(C)(C)C)ccc1[B-](F)(F)F.[K+]. The molecule has 1 aromatic carbocycles. The van der Waals surface area contributed by atoms with Crippen LogP contribution >= 0.6 is 0 Å². The Morgan fingerprint density at radius 3 is 2.16 bits per heavy atom. The van der Waals surface area contributed by atoms with E-state index >= 15 is 0 Å². The minimum atomic E-state index is -4.94. The van der Waals surface area contributed by atoms with E-state index < -0.39 is 12.4 Å². The van der Waals surface area contributed by atoms with E-state index in [9.17, 15) is 12.9 Å². The first-order chi connectivity index (χ1) is 8.09. The first-order valence-corrected chi connectivity index (χ1v) is 6.03. The summed E-state index contributed by atoms with van der Waals surface area (Å²) in [5, 5.41) is 0. The van der Waals surface area contributed by atoms with Gasteiger partial charge >= 0.3 is 58.4 Å². The molecule has 0 radical (unpaired) electrons. The predicted octanol–water partition coefficient (Wildman–Crippen LogP) is 0.868. The summed E-state index contributed by atoms with van der Waals surface area (Å²) in [4.78, 5) is 0. The molecule has 0 aliphatic heterocycles. The Hall–Kier alpha value is 0.511. The molecule has 0 aliphatic carbocycles. The molecule has 0 bridgehead atoms. The monoisotopic (exact) mass is 298 g/mol. The summed E-state index contributed by atoms with van der Waals surface area (Å²) >= 11 is 0. The van der Waals surface area contributed by atoms with Gasteiger partial charge in [0, 0.05) is 0 Å². The summed E-state index contributed by atoms with van der Waals surface area (Å²) in [6, 6.07) is 3.94. The number of rotatable bonds is 4. The van der Waals surface area contributed by atoms with Crippen molar-refractivity contribution in [3.8, 4) is 5.75 Å². The third kappa shape index (κ3) is 7.18. The standard InChI is InChI=1S/C13H19BF3O.K/c1-10-9-11(18-8-7-13(2,3)4)5-6-12(10)14(15,16)17;/h5-6,9H,7-8H2,1-4H3;/q-1;+1. The van der Waals surface area contributed by atoms with Crippen LogP contribution in [-0.4, -0.2) is 13.6 Å². The van der Waals surface area contributed by atoms with E-state index in [2.05, 4.69) is 20.8 Å². The fourth-order valence-corrected chi connectivity index (χ4v) is 1.58. The Kier molecular flexibility index (Phi) is 7.70. The van der Waals surface area contributed by atoms with Crippen molar-refractivity contribution in [3.05, 3.63) is 23.8 Å². The second kappa shape index (κ2) is 7.50. The summed E-state index contributed by atoms with van der Waals surface area (Å²) in [7, 11) is 0. The zero-order chi connectivity index (χ0) is 14.0. The first kappa shape index (κ1) is 19.5. The number of hydrogen-bond donors (Lipinski definition) is 0. The van der Waals surface area contributed by atoms with E-state index in [0.717, 1.165) is 12.5 Å². The maximum absolute atomic E-state index is 12.6. The molecule has 1 aromatic rings. The molecule has 0 fully saturated rings. The van der Waals surface area contributed by atoms with Gasteiger partial charge in [-0.25, -0.2) is 0 Å². The van der Waals surface area contributed by atoms with Gasteiger partial charge in [0.15, 0.2) is 0 Å². The van der Waals surface area contributed by atoms with Crippen LogP contribution in [0.2, 0.25) is 0 Å². The van der Waals surface area contributed by atoms with Crippen LogP contribution in [0.5, 0.6) is 5.75 Å². The third-order valence-corrected chi connectivity index (χ3v) is 2.71. The zero-order valence-corrected chi connectivity index (χ0v) is 15.4. The normalized spacial score (nSPS) is 11.9. The van der Waals surface area contributed by atoms with Gasteiger partial charge in [-0.2, -0.15) is 0 Å². The van der Waals surface area contributed by atoms with Crippen molar-refractivity contribution >= 4 is 12.4 Å². The molecule has 19 heavy (non-hydrogen) atoms. The van der Waals surface area contributed by atoms with Crippen molar-refractivity contribution in [1.29, 1.82) is 0 Å². The van der Waals surface area contributed by atoms with Crippen LogP contribution in [0.25, 0.3) is 0 Å². The van der Waals surface area contributed by atoms with Crippen molar-refractivity contribution in [1.82, 2.24) is 0 Å². The maximum Gasteiger partial charge on any atom is 1.00 e. The fourth-order valence-electron chi connectivity index (χ4n) is 1.58.